The van der Waals surface area contributed by atoms with Gasteiger partial charge in [0.1, 0.15) is 0 Å². The van der Waals surface area contributed by atoms with Crippen molar-refractivity contribution in [2.24, 2.45) is 4.99 Å². The van der Waals surface area contributed by atoms with E-state index in [-0.39, 0.29) is 10.6 Å². The van der Waals surface area contributed by atoms with E-state index < -0.39 is 0 Å². The summed E-state index contributed by atoms with van der Waals surface area (Å²) in [6.07, 6.45) is 3.11. The van der Waals surface area contributed by atoms with E-state index in [1.54, 1.807) is 35.6 Å². The molecule has 0 spiro atoms. The van der Waals surface area contributed by atoms with Gasteiger partial charge in [0, 0.05) is 24.9 Å². The lowest BCUT2D eigenvalue weighted by Crippen LogP contribution is -2.19. The first-order valence-electron chi connectivity index (χ1n) is 8.72. The van der Waals surface area contributed by atoms with Crippen molar-refractivity contribution in [1.29, 1.82) is 0 Å². The Balaban J connectivity index is 1.95. The molecule has 3 aromatic rings. The molecule has 0 unspecified atom stereocenters. The van der Waals surface area contributed by atoms with Gasteiger partial charge in [0.05, 0.1) is 15.5 Å². The zero-order valence-electron chi connectivity index (χ0n) is 15.4. The van der Waals surface area contributed by atoms with Crippen molar-refractivity contribution in [3.05, 3.63) is 75.7 Å². The van der Waals surface area contributed by atoms with E-state index in [4.69, 9.17) is 4.99 Å². The average molecular weight is 382 g/mol. The van der Waals surface area contributed by atoms with E-state index in [9.17, 15) is 10.1 Å². The van der Waals surface area contributed by atoms with Crippen molar-refractivity contribution in [1.82, 2.24) is 9.47 Å². The normalized spacial score (nSPS) is 11.9. The van der Waals surface area contributed by atoms with Gasteiger partial charge in [-0.25, -0.2) is 4.99 Å². The number of rotatable bonds is 7. The molecule has 2 aromatic carbocycles. The molecule has 0 amide bonds. The van der Waals surface area contributed by atoms with E-state index in [0.717, 1.165) is 40.4 Å². The van der Waals surface area contributed by atoms with Gasteiger partial charge in [0.25, 0.3) is 5.69 Å². The lowest BCUT2D eigenvalue weighted by atomic mass is 10.2. The summed E-state index contributed by atoms with van der Waals surface area (Å²) >= 11 is 1.59. The van der Waals surface area contributed by atoms with Crippen LogP contribution in [0, 0.1) is 10.1 Å². The second-order valence-electron chi connectivity index (χ2n) is 6.48. The van der Waals surface area contributed by atoms with Crippen LogP contribution in [0.4, 0.5) is 11.4 Å². The number of non-ortho nitro benzene ring substituents is 1. The summed E-state index contributed by atoms with van der Waals surface area (Å²) in [5.74, 6) is 0. The molecule has 0 aliphatic rings. The Hall–Kier alpha value is -2.77. The zero-order chi connectivity index (χ0) is 19.2. The number of nitro groups is 1. The third-order valence-corrected chi connectivity index (χ3v) is 5.14. The van der Waals surface area contributed by atoms with Gasteiger partial charge in [-0.05, 0) is 56.9 Å². The average Bonchev–Trinajstić information content (AvgIpc) is 3.05. The summed E-state index contributed by atoms with van der Waals surface area (Å²) in [4.78, 5) is 19.4. The Kier molecular flexibility index (Phi) is 6.16. The van der Waals surface area contributed by atoms with Crippen LogP contribution in [0.1, 0.15) is 6.42 Å². The molecule has 6 nitrogen and oxygen atoms in total. The van der Waals surface area contributed by atoms with Gasteiger partial charge in [-0.1, -0.05) is 29.5 Å². The number of nitrogens with zero attached hydrogens (tertiary/aromatic N) is 4. The minimum absolute atomic E-state index is 0.100. The van der Waals surface area contributed by atoms with Crippen molar-refractivity contribution >= 4 is 22.7 Å². The van der Waals surface area contributed by atoms with Crippen molar-refractivity contribution in [3.63, 3.8) is 0 Å². The first-order chi connectivity index (χ1) is 13.0. The summed E-state index contributed by atoms with van der Waals surface area (Å²) in [5.41, 5.74) is 1.97. The van der Waals surface area contributed by atoms with Gasteiger partial charge < -0.3 is 9.47 Å². The number of para-hydroxylation sites is 1. The predicted octanol–water partition coefficient (Wildman–Crippen LogP) is 4.31. The zero-order valence-corrected chi connectivity index (χ0v) is 16.2. The van der Waals surface area contributed by atoms with E-state index in [1.807, 2.05) is 30.3 Å². The molecule has 0 saturated carbocycles. The summed E-state index contributed by atoms with van der Waals surface area (Å²) in [5, 5.41) is 10.9. The topological polar surface area (TPSA) is 63.7 Å². The van der Waals surface area contributed by atoms with Crippen molar-refractivity contribution in [2.45, 2.75) is 13.0 Å². The molecule has 1 heterocycles. The molecule has 0 atom stereocenters. The lowest BCUT2D eigenvalue weighted by Gasteiger charge is -2.09. The Bertz CT molecular complexity index is 960. The van der Waals surface area contributed by atoms with Crippen LogP contribution in [0.2, 0.25) is 0 Å². The van der Waals surface area contributed by atoms with Gasteiger partial charge in [-0.2, -0.15) is 0 Å². The van der Waals surface area contributed by atoms with E-state index in [2.05, 4.69) is 29.8 Å². The number of aromatic nitrogens is 1. The highest BCUT2D eigenvalue weighted by molar-refractivity contribution is 7.12. The quantitative estimate of drug-likeness (QED) is 0.452. The molecule has 0 saturated heterocycles. The molecular formula is C20H22N4O2S. The van der Waals surface area contributed by atoms with Crippen LogP contribution in [0.3, 0.4) is 0 Å². The Labute approximate surface area is 162 Å². The van der Waals surface area contributed by atoms with Crippen LogP contribution in [0.15, 0.2) is 65.8 Å². The molecule has 3 rings (SSSR count). The molecule has 7 heteroatoms. The second kappa shape index (κ2) is 8.75. The Morgan fingerprint density at radius 3 is 2.44 bits per heavy atom. The highest BCUT2D eigenvalue weighted by Crippen LogP contribution is 2.25. The minimum atomic E-state index is -0.379. The standard InChI is InChI=1S/C20H22N4O2S/c1-22(2)13-6-14-23-15-19(16-9-11-18(12-10-16)24(25)26)27-20(23)21-17-7-4-3-5-8-17/h3-5,7-12,15H,6,13-14H2,1-2H3. The van der Waals surface area contributed by atoms with Crippen molar-refractivity contribution < 1.29 is 4.92 Å². The molecule has 0 aliphatic heterocycles. The van der Waals surface area contributed by atoms with Gasteiger partial charge in [0.15, 0.2) is 4.80 Å². The minimum Gasteiger partial charge on any atom is -0.323 e. The van der Waals surface area contributed by atoms with E-state index >= 15 is 0 Å². The van der Waals surface area contributed by atoms with E-state index in [1.165, 1.54) is 0 Å². The van der Waals surface area contributed by atoms with Gasteiger partial charge in [0.2, 0.25) is 0 Å². The monoisotopic (exact) mass is 382 g/mol. The molecule has 27 heavy (non-hydrogen) atoms. The summed E-state index contributed by atoms with van der Waals surface area (Å²) in [6, 6.07) is 16.5. The third kappa shape index (κ3) is 5.12. The fraction of sp³-hybridized carbons (Fsp3) is 0.250. The molecule has 0 bridgehead atoms. The lowest BCUT2D eigenvalue weighted by molar-refractivity contribution is -0.384. The highest BCUT2D eigenvalue weighted by Gasteiger charge is 2.09. The third-order valence-electron chi connectivity index (χ3n) is 4.07. The molecule has 0 aliphatic carbocycles. The number of benzene rings is 2. The maximum Gasteiger partial charge on any atom is 0.269 e. The number of hydrogen-bond acceptors (Lipinski definition) is 5. The van der Waals surface area contributed by atoms with Crippen molar-refractivity contribution in [3.8, 4) is 10.4 Å². The molecular weight excluding hydrogens is 360 g/mol. The van der Waals surface area contributed by atoms with Crippen molar-refractivity contribution in [2.75, 3.05) is 20.6 Å². The van der Waals surface area contributed by atoms with Gasteiger partial charge in [-0.15, -0.1) is 0 Å². The summed E-state index contributed by atoms with van der Waals surface area (Å²) in [6.45, 7) is 1.87. The number of nitro benzene ring substituents is 1. The smallest absolute Gasteiger partial charge is 0.269 e. The van der Waals surface area contributed by atoms with Gasteiger partial charge in [-0.3, -0.25) is 10.1 Å². The van der Waals surface area contributed by atoms with Crippen LogP contribution in [0.25, 0.3) is 10.4 Å². The van der Waals surface area contributed by atoms with Crippen LogP contribution >= 0.6 is 11.3 Å². The first kappa shape index (κ1) is 19.0. The number of hydrogen-bond donors (Lipinski definition) is 0. The molecule has 1 aromatic heterocycles. The van der Waals surface area contributed by atoms with Crippen LogP contribution in [-0.4, -0.2) is 35.0 Å². The molecule has 0 fully saturated rings. The largest absolute Gasteiger partial charge is 0.323 e. The van der Waals surface area contributed by atoms with Crippen LogP contribution in [0.5, 0.6) is 0 Å². The van der Waals surface area contributed by atoms with Gasteiger partial charge >= 0.3 is 0 Å². The van der Waals surface area contributed by atoms with E-state index in [0.29, 0.717) is 0 Å². The summed E-state index contributed by atoms with van der Waals surface area (Å²) in [7, 11) is 4.13. The molecule has 0 radical (unpaired) electrons. The molecule has 0 N–H and O–H groups in total. The SMILES string of the molecule is CN(C)CCCn1cc(-c2ccc([N+](=O)[O-])cc2)sc1=Nc1ccccc1. The summed E-state index contributed by atoms with van der Waals surface area (Å²) < 4.78 is 2.16. The maximum atomic E-state index is 10.9. The Morgan fingerprint density at radius 1 is 1.11 bits per heavy atom. The molecule has 140 valence electrons. The second-order valence-corrected chi connectivity index (χ2v) is 7.49. The number of aryl methyl sites for hydroxylation is 1. The van der Waals surface area contributed by atoms with Crippen LogP contribution < -0.4 is 4.80 Å². The maximum absolute atomic E-state index is 10.9. The van der Waals surface area contributed by atoms with Crippen LogP contribution in [-0.2, 0) is 6.54 Å². The first-order valence-corrected chi connectivity index (χ1v) is 9.54. The highest BCUT2D eigenvalue weighted by atomic mass is 32.1. The fourth-order valence-electron chi connectivity index (χ4n) is 2.68. The Morgan fingerprint density at radius 2 is 1.81 bits per heavy atom. The number of thiazole rings is 1. The fourth-order valence-corrected chi connectivity index (χ4v) is 3.72. The predicted molar refractivity (Wildman–Crippen MR) is 109 cm³/mol.